The Balaban J connectivity index is 2.25. The first-order valence-electron chi connectivity index (χ1n) is 5.49. The molecule has 2 rings (SSSR count). The van der Waals surface area contributed by atoms with Crippen molar-refractivity contribution in [2.24, 2.45) is 0 Å². The molecule has 1 aliphatic rings. The topological polar surface area (TPSA) is 55.4 Å². The Morgan fingerprint density at radius 2 is 2.22 bits per heavy atom. The van der Waals surface area contributed by atoms with E-state index in [2.05, 4.69) is 20.7 Å². The average molecular weight is 338 g/mol. The molecule has 1 saturated heterocycles. The van der Waals surface area contributed by atoms with Crippen LogP contribution in [0, 0.1) is 5.82 Å². The van der Waals surface area contributed by atoms with Crippen molar-refractivity contribution in [2.45, 2.75) is 30.4 Å². The summed E-state index contributed by atoms with van der Waals surface area (Å²) in [5.41, 5.74) is 0. The quantitative estimate of drug-likeness (QED) is 0.918. The molecule has 0 saturated carbocycles. The molecule has 1 aromatic rings. The zero-order valence-electron chi connectivity index (χ0n) is 9.69. The highest BCUT2D eigenvalue weighted by atomic mass is 79.9. The molecular formula is C11H13BrFNO3S. The maximum absolute atomic E-state index is 13.6. The fourth-order valence-electron chi connectivity index (χ4n) is 1.84. The van der Waals surface area contributed by atoms with Crippen LogP contribution in [0.25, 0.3) is 0 Å². The molecule has 0 spiro atoms. The SMILES string of the molecule is C[C@H]1OCC[C@@H]1NS(=O)(=O)c1ccc(Br)cc1F. The molecule has 1 aliphatic heterocycles. The second-order valence-corrected chi connectivity index (χ2v) is 6.77. The normalized spacial score (nSPS) is 24.4. The van der Waals surface area contributed by atoms with Crippen molar-refractivity contribution in [3.8, 4) is 0 Å². The summed E-state index contributed by atoms with van der Waals surface area (Å²) in [6.07, 6.45) is 0.400. The molecular weight excluding hydrogens is 325 g/mol. The van der Waals surface area contributed by atoms with E-state index in [0.717, 1.165) is 6.07 Å². The Labute approximate surface area is 114 Å². The maximum Gasteiger partial charge on any atom is 0.243 e. The minimum atomic E-state index is -3.85. The summed E-state index contributed by atoms with van der Waals surface area (Å²) in [6.45, 7) is 2.30. The summed E-state index contributed by atoms with van der Waals surface area (Å²) < 4.78 is 46.0. The lowest BCUT2D eigenvalue weighted by Crippen LogP contribution is -2.39. The molecule has 1 fully saturated rings. The van der Waals surface area contributed by atoms with Crippen LogP contribution in [0.5, 0.6) is 0 Å². The van der Waals surface area contributed by atoms with Gasteiger partial charge in [0.15, 0.2) is 0 Å². The fourth-order valence-corrected chi connectivity index (χ4v) is 3.57. The molecule has 0 aromatic heterocycles. The van der Waals surface area contributed by atoms with Crippen LogP contribution >= 0.6 is 15.9 Å². The number of nitrogens with one attached hydrogen (secondary N) is 1. The lowest BCUT2D eigenvalue weighted by atomic mass is 10.2. The molecule has 7 heteroatoms. The van der Waals surface area contributed by atoms with Gasteiger partial charge in [-0.05, 0) is 31.5 Å². The molecule has 1 aromatic carbocycles. The average Bonchev–Trinajstić information content (AvgIpc) is 2.63. The predicted molar refractivity (Wildman–Crippen MR) is 68.2 cm³/mol. The van der Waals surface area contributed by atoms with Gasteiger partial charge in [0.25, 0.3) is 0 Å². The highest BCUT2D eigenvalue weighted by molar-refractivity contribution is 9.10. The lowest BCUT2D eigenvalue weighted by molar-refractivity contribution is 0.117. The van der Waals surface area contributed by atoms with E-state index in [1.165, 1.54) is 12.1 Å². The van der Waals surface area contributed by atoms with Crippen LogP contribution in [0.4, 0.5) is 4.39 Å². The first-order valence-corrected chi connectivity index (χ1v) is 7.77. The third-order valence-corrected chi connectivity index (χ3v) is 4.88. The number of ether oxygens (including phenoxy) is 1. The van der Waals surface area contributed by atoms with Crippen LogP contribution in [-0.2, 0) is 14.8 Å². The first kappa shape index (κ1) is 13.9. The summed E-state index contributed by atoms with van der Waals surface area (Å²) in [5.74, 6) is -0.775. The Kier molecular flexibility index (Phi) is 4.05. The predicted octanol–water partition coefficient (Wildman–Crippen LogP) is 2.04. The van der Waals surface area contributed by atoms with Gasteiger partial charge in [-0.1, -0.05) is 15.9 Å². The van der Waals surface area contributed by atoms with Crippen molar-refractivity contribution in [3.63, 3.8) is 0 Å². The Bertz CT molecular complexity index is 549. The minimum Gasteiger partial charge on any atom is -0.377 e. The van der Waals surface area contributed by atoms with Gasteiger partial charge in [-0.2, -0.15) is 0 Å². The number of rotatable bonds is 3. The number of sulfonamides is 1. The van der Waals surface area contributed by atoms with E-state index in [1.807, 2.05) is 0 Å². The van der Waals surface area contributed by atoms with E-state index < -0.39 is 15.8 Å². The zero-order chi connectivity index (χ0) is 13.3. The van der Waals surface area contributed by atoms with Crippen LogP contribution in [-0.4, -0.2) is 27.2 Å². The van der Waals surface area contributed by atoms with Crippen LogP contribution < -0.4 is 4.72 Å². The lowest BCUT2D eigenvalue weighted by Gasteiger charge is -2.16. The molecule has 1 heterocycles. The Morgan fingerprint density at radius 3 is 2.78 bits per heavy atom. The van der Waals surface area contributed by atoms with E-state index in [0.29, 0.717) is 17.5 Å². The van der Waals surface area contributed by atoms with E-state index >= 15 is 0 Å². The summed E-state index contributed by atoms with van der Waals surface area (Å²) >= 11 is 3.09. The minimum absolute atomic E-state index is 0.196. The number of hydrogen-bond acceptors (Lipinski definition) is 3. The molecule has 2 atom stereocenters. The van der Waals surface area contributed by atoms with Crippen molar-refractivity contribution in [1.29, 1.82) is 0 Å². The van der Waals surface area contributed by atoms with Crippen molar-refractivity contribution >= 4 is 26.0 Å². The third-order valence-electron chi connectivity index (χ3n) is 2.87. The monoisotopic (exact) mass is 337 g/mol. The van der Waals surface area contributed by atoms with Crippen molar-refractivity contribution in [1.82, 2.24) is 4.72 Å². The number of benzene rings is 1. The van der Waals surface area contributed by atoms with Crippen LogP contribution in [0.3, 0.4) is 0 Å². The van der Waals surface area contributed by atoms with E-state index in [9.17, 15) is 12.8 Å². The molecule has 0 radical (unpaired) electrons. The largest absolute Gasteiger partial charge is 0.377 e. The molecule has 0 aliphatic carbocycles. The highest BCUT2D eigenvalue weighted by Gasteiger charge is 2.30. The van der Waals surface area contributed by atoms with Crippen molar-refractivity contribution < 1.29 is 17.5 Å². The molecule has 0 amide bonds. The molecule has 1 N–H and O–H groups in total. The van der Waals surface area contributed by atoms with Gasteiger partial charge in [0, 0.05) is 11.1 Å². The second kappa shape index (κ2) is 5.24. The smallest absolute Gasteiger partial charge is 0.243 e. The Morgan fingerprint density at radius 1 is 1.50 bits per heavy atom. The molecule has 0 unspecified atom stereocenters. The number of hydrogen-bond donors (Lipinski definition) is 1. The Hall–Kier alpha value is -0.500. The maximum atomic E-state index is 13.6. The summed E-state index contributed by atoms with van der Waals surface area (Å²) in [6, 6.07) is 3.55. The van der Waals surface area contributed by atoms with E-state index in [1.54, 1.807) is 6.92 Å². The standard InChI is InChI=1S/C11H13BrFNO3S/c1-7-10(4-5-17-7)14-18(15,16)11-3-2-8(12)6-9(11)13/h2-3,6-7,10,14H,4-5H2,1H3/t7-,10+/m1/s1. The van der Waals surface area contributed by atoms with Gasteiger partial charge in [0.2, 0.25) is 10.0 Å². The van der Waals surface area contributed by atoms with E-state index in [-0.39, 0.29) is 17.0 Å². The second-order valence-electron chi connectivity index (χ2n) is 4.17. The van der Waals surface area contributed by atoms with Crippen LogP contribution in [0.1, 0.15) is 13.3 Å². The van der Waals surface area contributed by atoms with E-state index in [4.69, 9.17) is 4.74 Å². The summed E-state index contributed by atoms with van der Waals surface area (Å²) in [4.78, 5) is -0.343. The van der Waals surface area contributed by atoms with Gasteiger partial charge in [0.1, 0.15) is 10.7 Å². The fraction of sp³-hybridized carbons (Fsp3) is 0.455. The van der Waals surface area contributed by atoms with Crippen LogP contribution in [0.2, 0.25) is 0 Å². The van der Waals surface area contributed by atoms with Gasteiger partial charge in [-0.3, -0.25) is 0 Å². The van der Waals surface area contributed by atoms with Gasteiger partial charge in [-0.25, -0.2) is 17.5 Å². The third kappa shape index (κ3) is 2.90. The highest BCUT2D eigenvalue weighted by Crippen LogP contribution is 2.21. The molecule has 0 bridgehead atoms. The molecule has 4 nitrogen and oxygen atoms in total. The zero-order valence-corrected chi connectivity index (χ0v) is 12.1. The van der Waals surface area contributed by atoms with Crippen molar-refractivity contribution in [3.05, 3.63) is 28.5 Å². The van der Waals surface area contributed by atoms with Gasteiger partial charge in [0.05, 0.1) is 12.1 Å². The summed E-state index contributed by atoms with van der Waals surface area (Å²) in [5, 5.41) is 0. The van der Waals surface area contributed by atoms with Crippen molar-refractivity contribution in [2.75, 3.05) is 6.61 Å². The molecule has 100 valence electrons. The molecule has 18 heavy (non-hydrogen) atoms. The van der Waals surface area contributed by atoms with Gasteiger partial charge < -0.3 is 4.74 Å². The van der Waals surface area contributed by atoms with Gasteiger partial charge in [-0.15, -0.1) is 0 Å². The van der Waals surface area contributed by atoms with Gasteiger partial charge >= 0.3 is 0 Å². The van der Waals surface area contributed by atoms with Crippen LogP contribution in [0.15, 0.2) is 27.6 Å². The number of halogens is 2. The summed E-state index contributed by atoms with van der Waals surface area (Å²) in [7, 11) is -3.85. The first-order chi connectivity index (χ1) is 8.40.